The molecule has 1 atom stereocenters. The minimum Gasteiger partial charge on any atom is -0.508 e. The Kier molecular flexibility index (Phi) is 10.7. The van der Waals surface area contributed by atoms with Crippen LogP contribution in [-0.2, 0) is 0 Å². The van der Waals surface area contributed by atoms with E-state index in [0.29, 0.717) is 12.3 Å². The number of hydrogen-bond acceptors (Lipinski definition) is 4. The summed E-state index contributed by atoms with van der Waals surface area (Å²) in [6.45, 7) is 0.961. The summed E-state index contributed by atoms with van der Waals surface area (Å²) in [5.41, 5.74) is 11.0. The number of rotatable bonds is 6. The summed E-state index contributed by atoms with van der Waals surface area (Å²) in [7, 11) is 0. The lowest BCUT2D eigenvalue weighted by atomic mass is 10.1. The normalized spacial score (nSPS) is 11.5. The van der Waals surface area contributed by atoms with Crippen molar-refractivity contribution in [3.63, 3.8) is 0 Å². The van der Waals surface area contributed by atoms with Crippen molar-refractivity contribution >= 4 is 0 Å². The molecule has 1 aromatic carbocycles. The van der Waals surface area contributed by atoms with Crippen LogP contribution in [0.15, 0.2) is 30.3 Å². The fourth-order valence-electron chi connectivity index (χ4n) is 1.31. The highest BCUT2D eigenvalue weighted by atomic mass is 16.3. The maximum absolute atomic E-state index is 8.63. The van der Waals surface area contributed by atoms with Gasteiger partial charge in [-0.2, -0.15) is 0 Å². The first-order chi connectivity index (χ1) is 8.20. The molecule has 1 unspecified atom stereocenters. The minimum atomic E-state index is 0.232. The Bertz CT molecular complexity index is 247. The second kappa shape index (κ2) is 11.4. The van der Waals surface area contributed by atoms with Gasteiger partial charge in [-0.25, -0.2) is 0 Å². The van der Waals surface area contributed by atoms with Gasteiger partial charge in [0.2, 0.25) is 0 Å². The molecule has 1 rings (SSSR count). The number of para-hydroxylation sites is 1. The number of aliphatic hydroxyl groups excluding tert-OH is 1. The van der Waals surface area contributed by atoms with E-state index in [1.165, 1.54) is 0 Å². The molecule has 0 heterocycles. The summed E-state index contributed by atoms with van der Waals surface area (Å²) in [4.78, 5) is 0. The van der Waals surface area contributed by atoms with Crippen molar-refractivity contribution in [1.82, 2.24) is 0 Å². The summed E-state index contributed by atoms with van der Waals surface area (Å²) in [5, 5.41) is 17.1. The van der Waals surface area contributed by atoms with Crippen LogP contribution in [-0.4, -0.2) is 29.4 Å². The van der Waals surface area contributed by atoms with Gasteiger partial charge in [-0.15, -0.1) is 0 Å². The molecule has 0 saturated carbocycles. The maximum atomic E-state index is 8.63. The van der Waals surface area contributed by atoms with Crippen LogP contribution in [0.2, 0.25) is 0 Å². The fourth-order valence-corrected chi connectivity index (χ4v) is 1.31. The summed E-state index contributed by atoms with van der Waals surface area (Å²) < 4.78 is 0. The first kappa shape index (κ1) is 15.9. The third-order valence-corrected chi connectivity index (χ3v) is 2.27. The molecule has 0 spiro atoms. The second-order valence-corrected chi connectivity index (χ2v) is 3.89. The Morgan fingerprint density at radius 2 is 1.65 bits per heavy atom. The monoisotopic (exact) mass is 240 g/mol. The number of hydrogen-bond donors (Lipinski definition) is 4. The van der Waals surface area contributed by atoms with Crippen LogP contribution in [0, 0.1) is 0 Å². The number of phenolic OH excluding ortho intramolecular Hbond substituents is 1. The zero-order valence-corrected chi connectivity index (χ0v) is 10.3. The van der Waals surface area contributed by atoms with Crippen LogP contribution < -0.4 is 11.5 Å². The molecular weight excluding hydrogens is 216 g/mol. The molecule has 0 fully saturated rings. The number of benzene rings is 1. The molecule has 17 heavy (non-hydrogen) atoms. The molecule has 4 nitrogen and oxygen atoms in total. The standard InChI is InChI=1S/C7H18N2O.C6H6O/c8-5-1-3-7(9)4-2-6-10;7-6-4-2-1-3-5-6/h7,10H,1-6,8-9H2;1-5,7H. The van der Waals surface area contributed by atoms with Crippen molar-refractivity contribution in [1.29, 1.82) is 0 Å². The Hall–Kier alpha value is -1.10. The lowest BCUT2D eigenvalue weighted by molar-refractivity contribution is 0.278. The predicted octanol–water partition coefficient (Wildman–Crippen LogP) is 1.22. The van der Waals surface area contributed by atoms with Gasteiger partial charge in [0.15, 0.2) is 0 Å². The lowest BCUT2D eigenvalue weighted by Crippen LogP contribution is -2.21. The van der Waals surface area contributed by atoms with Crippen LogP contribution >= 0.6 is 0 Å². The van der Waals surface area contributed by atoms with E-state index in [9.17, 15) is 0 Å². The van der Waals surface area contributed by atoms with E-state index in [1.54, 1.807) is 24.3 Å². The Labute approximate surface area is 103 Å². The van der Waals surface area contributed by atoms with Crippen LogP contribution in [0.1, 0.15) is 25.7 Å². The first-order valence-electron chi connectivity index (χ1n) is 6.01. The second-order valence-electron chi connectivity index (χ2n) is 3.89. The molecule has 0 saturated heterocycles. The highest BCUT2D eigenvalue weighted by Crippen LogP contribution is 2.02. The van der Waals surface area contributed by atoms with Gasteiger partial charge in [-0.05, 0) is 44.4 Å². The molecule has 0 aliphatic carbocycles. The van der Waals surface area contributed by atoms with Crippen molar-refractivity contribution in [2.24, 2.45) is 11.5 Å². The van der Waals surface area contributed by atoms with Crippen LogP contribution in [0.5, 0.6) is 5.75 Å². The van der Waals surface area contributed by atoms with Gasteiger partial charge < -0.3 is 21.7 Å². The highest BCUT2D eigenvalue weighted by molar-refractivity contribution is 5.18. The van der Waals surface area contributed by atoms with Crippen molar-refractivity contribution < 1.29 is 10.2 Å². The average molecular weight is 240 g/mol. The van der Waals surface area contributed by atoms with E-state index in [2.05, 4.69) is 0 Å². The molecule has 0 aromatic heterocycles. The molecule has 0 radical (unpaired) electrons. The van der Waals surface area contributed by atoms with E-state index in [4.69, 9.17) is 21.7 Å². The van der Waals surface area contributed by atoms with Gasteiger partial charge in [0.1, 0.15) is 5.75 Å². The lowest BCUT2D eigenvalue weighted by Gasteiger charge is -2.08. The van der Waals surface area contributed by atoms with Gasteiger partial charge >= 0.3 is 0 Å². The van der Waals surface area contributed by atoms with Gasteiger partial charge in [-0.3, -0.25) is 0 Å². The van der Waals surface area contributed by atoms with Crippen molar-refractivity contribution in [2.45, 2.75) is 31.7 Å². The molecule has 1 aromatic rings. The number of phenols is 1. The largest absolute Gasteiger partial charge is 0.508 e. The number of aliphatic hydroxyl groups is 1. The molecule has 0 amide bonds. The molecule has 6 N–H and O–H groups in total. The van der Waals surface area contributed by atoms with E-state index < -0.39 is 0 Å². The third-order valence-electron chi connectivity index (χ3n) is 2.27. The van der Waals surface area contributed by atoms with Gasteiger partial charge in [-0.1, -0.05) is 18.2 Å². The Morgan fingerprint density at radius 3 is 2.06 bits per heavy atom. The predicted molar refractivity (Wildman–Crippen MR) is 70.7 cm³/mol. The Balaban J connectivity index is 0.000000318. The van der Waals surface area contributed by atoms with E-state index >= 15 is 0 Å². The van der Waals surface area contributed by atoms with Gasteiger partial charge in [0.05, 0.1) is 0 Å². The molecule has 0 bridgehead atoms. The fraction of sp³-hybridized carbons (Fsp3) is 0.538. The Morgan fingerprint density at radius 1 is 1.06 bits per heavy atom. The topological polar surface area (TPSA) is 92.5 Å². The zero-order chi connectivity index (χ0) is 12.9. The van der Waals surface area contributed by atoms with Crippen molar-refractivity contribution in [3.05, 3.63) is 30.3 Å². The quantitative estimate of drug-likeness (QED) is 0.601. The maximum Gasteiger partial charge on any atom is 0.115 e. The van der Waals surface area contributed by atoms with Crippen LogP contribution in [0.4, 0.5) is 0 Å². The summed E-state index contributed by atoms with van der Waals surface area (Å²) in [6.07, 6.45) is 3.70. The number of nitrogens with two attached hydrogens (primary N) is 2. The molecular formula is C13H24N2O2. The van der Waals surface area contributed by atoms with E-state index in [0.717, 1.165) is 25.7 Å². The van der Waals surface area contributed by atoms with Crippen LogP contribution in [0.25, 0.3) is 0 Å². The third kappa shape index (κ3) is 11.2. The zero-order valence-electron chi connectivity index (χ0n) is 10.3. The van der Waals surface area contributed by atoms with Gasteiger partial charge in [0.25, 0.3) is 0 Å². The molecule has 0 aliphatic heterocycles. The molecule has 98 valence electrons. The summed E-state index contributed by atoms with van der Waals surface area (Å²) in [6, 6.07) is 8.94. The summed E-state index contributed by atoms with van der Waals surface area (Å²) in [5.74, 6) is 0.322. The van der Waals surface area contributed by atoms with Crippen LogP contribution in [0.3, 0.4) is 0 Å². The first-order valence-corrected chi connectivity index (χ1v) is 6.01. The SMILES string of the molecule is NCCCC(N)CCCO.Oc1ccccc1. The van der Waals surface area contributed by atoms with Crippen molar-refractivity contribution in [3.8, 4) is 5.75 Å². The molecule has 0 aliphatic rings. The van der Waals surface area contributed by atoms with E-state index in [-0.39, 0.29) is 12.6 Å². The highest BCUT2D eigenvalue weighted by Gasteiger charge is 1.99. The molecule has 4 heteroatoms. The minimum absolute atomic E-state index is 0.232. The van der Waals surface area contributed by atoms with Crippen molar-refractivity contribution in [2.75, 3.05) is 13.2 Å². The van der Waals surface area contributed by atoms with E-state index in [1.807, 2.05) is 6.07 Å². The smallest absolute Gasteiger partial charge is 0.115 e. The average Bonchev–Trinajstić information content (AvgIpc) is 2.35. The van der Waals surface area contributed by atoms with Gasteiger partial charge in [0, 0.05) is 12.6 Å². The number of aromatic hydroxyl groups is 1. The summed E-state index contributed by atoms with van der Waals surface area (Å²) >= 11 is 0.